The lowest BCUT2D eigenvalue weighted by Gasteiger charge is -2.34. The van der Waals surface area contributed by atoms with Gasteiger partial charge in [-0.1, -0.05) is 54.6 Å². The summed E-state index contributed by atoms with van der Waals surface area (Å²) in [7, 11) is 1.88. The standard InChI is InChI=1S/C39H47N5O6/c1-43(23-24-44-21-19-29(20-22-44)50-39(49)41-33-10-6-5-9-30(33)26-7-3-2-4-8-26)38(48)27-11-13-28(14-12-27)40-25-35(46)31-15-17-34(45)37-32(31)16-18-36(47)42-37/h2-10,15-18,27-29,35,40,45-46H,11-14,19-25H2,1H3,(H,41,49)(H,42,47). The molecule has 1 aromatic heterocycles. The molecule has 1 unspecified atom stereocenters. The number of benzene rings is 3. The number of likely N-dealkylation sites (N-methyl/N-ethyl adjacent to an activating group) is 1. The van der Waals surface area contributed by atoms with Gasteiger partial charge in [0.25, 0.3) is 0 Å². The van der Waals surface area contributed by atoms with E-state index in [0.29, 0.717) is 29.6 Å². The number of aromatic hydroxyl groups is 1. The minimum Gasteiger partial charge on any atom is -0.506 e. The van der Waals surface area contributed by atoms with E-state index in [0.717, 1.165) is 75.0 Å². The van der Waals surface area contributed by atoms with Crippen LogP contribution >= 0.6 is 0 Å². The molecule has 2 amide bonds. The summed E-state index contributed by atoms with van der Waals surface area (Å²) < 4.78 is 5.78. The number of carbonyl (C=O) groups excluding carboxylic acids is 2. The first-order valence-corrected chi connectivity index (χ1v) is 17.6. The molecule has 2 aliphatic rings. The number of nitrogens with zero attached hydrogens (tertiary/aromatic N) is 2. The third kappa shape index (κ3) is 8.71. The van der Waals surface area contributed by atoms with E-state index < -0.39 is 12.2 Å². The zero-order valence-electron chi connectivity index (χ0n) is 28.5. The fourth-order valence-corrected chi connectivity index (χ4v) is 7.20. The quantitative estimate of drug-likeness (QED) is 0.144. The van der Waals surface area contributed by atoms with Gasteiger partial charge in [0.2, 0.25) is 11.5 Å². The molecular weight excluding hydrogens is 634 g/mol. The molecule has 1 saturated carbocycles. The summed E-state index contributed by atoms with van der Waals surface area (Å²) in [6.07, 6.45) is 3.37. The van der Waals surface area contributed by atoms with Crippen molar-refractivity contribution in [2.75, 3.05) is 45.1 Å². The summed E-state index contributed by atoms with van der Waals surface area (Å²) in [5, 5.41) is 28.0. The molecule has 0 spiro atoms. The number of aliphatic hydroxyl groups excluding tert-OH is 1. The van der Waals surface area contributed by atoms with E-state index in [1.165, 1.54) is 12.1 Å². The van der Waals surface area contributed by atoms with Gasteiger partial charge in [0.1, 0.15) is 11.9 Å². The number of likely N-dealkylation sites (tertiary alicyclic amines) is 1. The van der Waals surface area contributed by atoms with Crippen LogP contribution in [0, 0.1) is 5.92 Å². The van der Waals surface area contributed by atoms with Crippen LogP contribution in [0.1, 0.15) is 50.2 Å². The normalized spacial score (nSPS) is 19.2. The molecule has 11 heteroatoms. The molecule has 4 aromatic rings. The number of aliphatic hydroxyl groups is 1. The van der Waals surface area contributed by atoms with Gasteiger partial charge in [0, 0.05) is 68.7 Å². The Balaban J connectivity index is 0.882. The summed E-state index contributed by atoms with van der Waals surface area (Å²) in [6, 6.07) is 24.0. The molecule has 11 nitrogen and oxygen atoms in total. The fourth-order valence-electron chi connectivity index (χ4n) is 7.20. The van der Waals surface area contributed by atoms with Crippen LogP contribution in [0.5, 0.6) is 5.75 Å². The van der Waals surface area contributed by atoms with E-state index in [1.807, 2.05) is 66.5 Å². The lowest BCUT2D eigenvalue weighted by Crippen LogP contribution is -2.44. The Bertz CT molecular complexity index is 1820. The van der Waals surface area contributed by atoms with Gasteiger partial charge in [-0.05, 0) is 67.9 Å². The van der Waals surface area contributed by atoms with Crippen LogP contribution in [0.4, 0.5) is 10.5 Å². The molecule has 0 bridgehead atoms. The van der Waals surface area contributed by atoms with Crippen LogP contribution in [-0.2, 0) is 9.53 Å². The van der Waals surface area contributed by atoms with E-state index in [-0.39, 0.29) is 35.3 Å². The Morgan fingerprint density at radius 2 is 1.66 bits per heavy atom. The average Bonchev–Trinajstić information content (AvgIpc) is 3.14. The van der Waals surface area contributed by atoms with Crippen molar-refractivity contribution in [3.8, 4) is 16.9 Å². The zero-order valence-corrected chi connectivity index (χ0v) is 28.5. The predicted octanol–water partition coefficient (Wildman–Crippen LogP) is 5.25. The fraction of sp³-hybridized carbons (Fsp3) is 0.410. The third-order valence-electron chi connectivity index (χ3n) is 10.1. The highest BCUT2D eigenvalue weighted by Gasteiger charge is 2.29. The van der Waals surface area contributed by atoms with Gasteiger partial charge in [-0.15, -0.1) is 0 Å². The monoisotopic (exact) mass is 681 g/mol. The second-order valence-electron chi connectivity index (χ2n) is 13.5. The first kappa shape index (κ1) is 35.1. The molecule has 0 radical (unpaired) electrons. The lowest BCUT2D eigenvalue weighted by atomic mass is 9.85. The van der Waals surface area contributed by atoms with Gasteiger partial charge < -0.3 is 35.1 Å². The van der Waals surface area contributed by atoms with Crippen LogP contribution < -0.4 is 16.2 Å². The van der Waals surface area contributed by atoms with Crippen molar-refractivity contribution in [2.24, 2.45) is 5.92 Å². The molecule has 50 heavy (non-hydrogen) atoms. The van der Waals surface area contributed by atoms with E-state index in [2.05, 4.69) is 20.5 Å². The zero-order chi connectivity index (χ0) is 35.0. The summed E-state index contributed by atoms with van der Waals surface area (Å²) in [4.78, 5) is 44.6. The maximum absolute atomic E-state index is 13.3. The predicted molar refractivity (Wildman–Crippen MR) is 194 cm³/mol. The number of H-pyrrole nitrogens is 1. The molecule has 1 aliphatic carbocycles. The van der Waals surface area contributed by atoms with Crippen molar-refractivity contribution >= 4 is 28.6 Å². The van der Waals surface area contributed by atoms with Gasteiger partial charge in [0.05, 0.1) is 17.3 Å². The number of nitrogens with one attached hydrogen (secondary N) is 3. The Labute approximate surface area is 292 Å². The Morgan fingerprint density at radius 3 is 2.42 bits per heavy atom. The van der Waals surface area contributed by atoms with Crippen molar-refractivity contribution in [1.82, 2.24) is 20.1 Å². The minimum absolute atomic E-state index is 0.00879. The van der Waals surface area contributed by atoms with E-state index in [1.54, 1.807) is 12.1 Å². The Kier molecular flexibility index (Phi) is 11.5. The molecular formula is C39H47N5O6. The number of fused-ring (bicyclic) bond motifs is 1. The van der Waals surface area contributed by atoms with E-state index >= 15 is 0 Å². The number of hydrogen-bond donors (Lipinski definition) is 5. The van der Waals surface area contributed by atoms with E-state index in [4.69, 9.17) is 4.74 Å². The SMILES string of the molecule is CN(CCN1CCC(OC(=O)Nc2ccccc2-c2ccccc2)CC1)C(=O)C1CCC(NCC(O)c2ccc(O)c3[nH]c(=O)ccc23)CC1. The second kappa shape index (κ2) is 16.3. The van der Waals surface area contributed by atoms with Gasteiger partial charge in [-0.3, -0.25) is 14.9 Å². The van der Waals surface area contributed by atoms with Crippen molar-refractivity contribution in [3.63, 3.8) is 0 Å². The number of pyridine rings is 1. The van der Waals surface area contributed by atoms with Gasteiger partial charge in [0.15, 0.2) is 0 Å². The molecule has 2 fully saturated rings. The number of aromatic amines is 1. The first-order chi connectivity index (χ1) is 24.2. The smallest absolute Gasteiger partial charge is 0.411 e. The van der Waals surface area contributed by atoms with Crippen LogP contribution in [0.25, 0.3) is 22.0 Å². The van der Waals surface area contributed by atoms with Crippen molar-refractivity contribution in [1.29, 1.82) is 0 Å². The lowest BCUT2D eigenvalue weighted by molar-refractivity contribution is -0.135. The number of rotatable bonds is 11. The van der Waals surface area contributed by atoms with Gasteiger partial charge >= 0.3 is 6.09 Å². The average molecular weight is 682 g/mol. The minimum atomic E-state index is -0.814. The van der Waals surface area contributed by atoms with Crippen LogP contribution in [-0.4, -0.2) is 88.9 Å². The maximum Gasteiger partial charge on any atom is 0.411 e. The Morgan fingerprint density at radius 1 is 0.940 bits per heavy atom. The van der Waals surface area contributed by atoms with Crippen LogP contribution in [0.2, 0.25) is 0 Å². The van der Waals surface area contributed by atoms with Gasteiger partial charge in [-0.25, -0.2) is 4.79 Å². The summed E-state index contributed by atoms with van der Waals surface area (Å²) in [5.74, 6) is 0.136. The third-order valence-corrected chi connectivity index (χ3v) is 10.1. The summed E-state index contributed by atoms with van der Waals surface area (Å²) >= 11 is 0. The van der Waals surface area contributed by atoms with E-state index in [9.17, 15) is 24.6 Å². The van der Waals surface area contributed by atoms with Crippen LogP contribution in [0.15, 0.2) is 83.7 Å². The molecule has 1 aliphatic heterocycles. The summed E-state index contributed by atoms with van der Waals surface area (Å²) in [5.41, 5.74) is 3.33. The number of amides is 2. The molecule has 1 atom stereocenters. The van der Waals surface area contributed by atoms with Crippen LogP contribution in [0.3, 0.4) is 0 Å². The largest absolute Gasteiger partial charge is 0.506 e. The molecule has 3 aromatic carbocycles. The highest BCUT2D eigenvalue weighted by molar-refractivity contribution is 5.91. The Hall–Kier alpha value is -4.71. The van der Waals surface area contributed by atoms with Crippen molar-refractivity contribution in [2.45, 2.75) is 56.8 Å². The second-order valence-corrected chi connectivity index (χ2v) is 13.5. The number of piperidine rings is 1. The number of phenols is 1. The number of ether oxygens (including phenoxy) is 1. The topological polar surface area (TPSA) is 147 Å². The number of hydrogen-bond acceptors (Lipinski definition) is 8. The number of phenolic OH excluding ortho intramolecular Hbond substituents is 1. The molecule has 1 saturated heterocycles. The summed E-state index contributed by atoms with van der Waals surface area (Å²) in [6.45, 7) is 3.37. The first-order valence-electron chi connectivity index (χ1n) is 17.6. The highest BCUT2D eigenvalue weighted by atomic mass is 16.6. The number of carbonyl (C=O) groups is 2. The maximum atomic E-state index is 13.3. The highest BCUT2D eigenvalue weighted by Crippen LogP contribution is 2.31. The number of aromatic nitrogens is 1. The molecule has 6 rings (SSSR count). The molecule has 264 valence electrons. The number of para-hydroxylation sites is 1. The van der Waals surface area contributed by atoms with Crippen molar-refractivity contribution < 1.29 is 24.5 Å². The number of anilines is 1. The van der Waals surface area contributed by atoms with Crippen molar-refractivity contribution in [3.05, 3.63) is 94.8 Å². The molecule has 5 N–H and O–H groups in total. The molecule has 2 heterocycles. The van der Waals surface area contributed by atoms with Gasteiger partial charge in [-0.2, -0.15) is 0 Å².